The molecule has 20 heavy (non-hydrogen) atoms. The second-order valence-corrected chi connectivity index (χ2v) is 4.94. The van der Waals surface area contributed by atoms with Gasteiger partial charge in [0.1, 0.15) is 11.9 Å². The number of primary amides is 1. The van der Waals surface area contributed by atoms with Crippen LogP contribution in [0.2, 0.25) is 10.0 Å². The lowest BCUT2D eigenvalue weighted by molar-refractivity contribution is -0.118. The van der Waals surface area contributed by atoms with E-state index in [1.807, 2.05) is 0 Å². The van der Waals surface area contributed by atoms with Crippen molar-refractivity contribution >= 4 is 34.8 Å². The van der Waals surface area contributed by atoms with E-state index in [-0.39, 0.29) is 0 Å². The minimum absolute atomic E-state index is 0.310. The maximum atomic E-state index is 13.2. The maximum Gasteiger partial charge on any atom is 0.244 e. The van der Waals surface area contributed by atoms with E-state index in [4.69, 9.17) is 28.9 Å². The molecule has 0 aliphatic carbocycles. The Morgan fingerprint density at radius 2 is 1.75 bits per heavy atom. The van der Waals surface area contributed by atoms with Gasteiger partial charge in [0.2, 0.25) is 5.91 Å². The van der Waals surface area contributed by atoms with Crippen LogP contribution >= 0.6 is 23.2 Å². The van der Waals surface area contributed by atoms with Gasteiger partial charge in [0.05, 0.1) is 0 Å². The zero-order chi connectivity index (χ0) is 14.7. The van der Waals surface area contributed by atoms with Crippen LogP contribution in [0, 0.1) is 5.82 Å². The zero-order valence-electron chi connectivity index (χ0n) is 10.2. The Bertz CT molecular complexity index is 629. The van der Waals surface area contributed by atoms with Crippen molar-refractivity contribution in [3.63, 3.8) is 0 Å². The predicted octanol–water partition coefficient (Wildman–Crippen LogP) is 3.77. The molecule has 1 unspecified atom stereocenters. The van der Waals surface area contributed by atoms with Crippen molar-refractivity contribution in [1.29, 1.82) is 0 Å². The first kappa shape index (κ1) is 14.6. The van der Waals surface area contributed by atoms with Crippen molar-refractivity contribution < 1.29 is 9.18 Å². The number of carbonyl (C=O) groups excluding carboxylic acids is 1. The minimum atomic E-state index is -0.946. The lowest BCUT2D eigenvalue weighted by Crippen LogP contribution is -2.28. The molecule has 0 bridgehead atoms. The van der Waals surface area contributed by atoms with Gasteiger partial charge >= 0.3 is 0 Å². The van der Waals surface area contributed by atoms with E-state index in [9.17, 15) is 9.18 Å². The number of anilines is 1. The summed E-state index contributed by atoms with van der Waals surface area (Å²) >= 11 is 12.1. The Kier molecular flexibility index (Phi) is 4.47. The highest BCUT2D eigenvalue weighted by molar-refractivity contribution is 6.36. The van der Waals surface area contributed by atoms with E-state index in [0.29, 0.717) is 21.3 Å². The molecule has 2 aromatic rings. The Labute approximate surface area is 125 Å². The van der Waals surface area contributed by atoms with Crippen LogP contribution in [0.1, 0.15) is 11.6 Å². The van der Waals surface area contributed by atoms with Crippen LogP contribution in [0.25, 0.3) is 0 Å². The summed E-state index contributed by atoms with van der Waals surface area (Å²) in [6.07, 6.45) is 0. The standard InChI is InChI=1S/C14H11Cl2FN2O/c15-10-5-2-6-11(16)12(10)13(14(18)20)19-9-4-1-3-8(17)7-9/h1-7,13,19H,(H2,18,20). The third kappa shape index (κ3) is 3.21. The van der Waals surface area contributed by atoms with Crippen molar-refractivity contribution in [2.75, 3.05) is 5.32 Å². The third-order valence-electron chi connectivity index (χ3n) is 2.71. The Balaban J connectivity index is 2.40. The van der Waals surface area contributed by atoms with Crippen molar-refractivity contribution in [1.82, 2.24) is 0 Å². The highest BCUT2D eigenvalue weighted by Gasteiger charge is 2.23. The van der Waals surface area contributed by atoms with E-state index in [1.165, 1.54) is 18.2 Å². The average molecular weight is 313 g/mol. The fraction of sp³-hybridized carbons (Fsp3) is 0.0714. The van der Waals surface area contributed by atoms with Crippen LogP contribution in [0.5, 0.6) is 0 Å². The quantitative estimate of drug-likeness (QED) is 0.903. The molecule has 0 heterocycles. The van der Waals surface area contributed by atoms with Gasteiger partial charge in [-0.1, -0.05) is 35.3 Å². The number of hydrogen-bond donors (Lipinski definition) is 2. The molecule has 3 nitrogen and oxygen atoms in total. The highest BCUT2D eigenvalue weighted by atomic mass is 35.5. The number of halogens is 3. The van der Waals surface area contributed by atoms with Gasteiger partial charge in [0.15, 0.2) is 0 Å². The summed E-state index contributed by atoms with van der Waals surface area (Å²) in [4.78, 5) is 11.6. The maximum absolute atomic E-state index is 13.2. The van der Waals surface area contributed by atoms with Gasteiger partial charge in [0, 0.05) is 21.3 Å². The molecule has 0 saturated heterocycles. The van der Waals surface area contributed by atoms with Crippen molar-refractivity contribution in [3.8, 4) is 0 Å². The summed E-state index contributed by atoms with van der Waals surface area (Å²) < 4.78 is 13.2. The molecule has 2 aromatic carbocycles. The van der Waals surface area contributed by atoms with Gasteiger partial charge in [-0.15, -0.1) is 0 Å². The van der Waals surface area contributed by atoms with E-state index >= 15 is 0 Å². The van der Waals surface area contributed by atoms with Crippen molar-refractivity contribution in [2.24, 2.45) is 5.73 Å². The molecule has 0 aliphatic heterocycles. The Hall–Kier alpha value is -1.78. The molecule has 1 atom stereocenters. The highest BCUT2D eigenvalue weighted by Crippen LogP contribution is 2.32. The third-order valence-corrected chi connectivity index (χ3v) is 3.37. The molecule has 0 spiro atoms. The molecule has 0 aliphatic rings. The van der Waals surface area contributed by atoms with E-state index in [1.54, 1.807) is 24.3 Å². The Morgan fingerprint density at radius 1 is 1.15 bits per heavy atom. The SMILES string of the molecule is NC(=O)C(Nc1cccc(F)c1)c1c(Cl)cccc1Cl. The van der Waals surface area contributed by atoms with E-state index in [2.05, 4.69) is 5.32 Å². The van der Waals surface area contributed by atoms with Crippen molar-refractivity contribution in [3.05, 3.63) is 63.9 Å². The lowest BCUT2D eigenvalue weighted by Gasteiger charge is -2.19. The fourth-order valence-corrected chi connectivity index (χ4v) is 2.43. The molecule has 0 radical (unpaired) electrons. The molecule has 0 fully saturated rings. The lowest BCUT2D eigenvalue weighted by atomic mass is 10.1. The molecular weight excluding hydrogens is 302 g/mol. The van der Waals surface area contributed by atoms with Crippen LogP contribution in [0.15, 0.2) is 42.5 Å². The molecule has 2 rings (SSSR count). The first-order valence-electron chi connectivity index (χ1n) is 5.74. The first-order valence-corrected chi connectivity index (χ1v) is 6.50. The predicted molar refractivity (Wildman–Crippen MR) is 78.4 cm³/mol. The summed E-state index contributed by atoms with van der Waals surface area (Å²) in [6.45, 7) is 0. The monoisotopic (exact) mass is 312 g/mol. The summed E-state index contributed by atoms with van der Waals surface area (Å²) in [5, 5.41) is 3.45. The van der Waals surface area contributed by atoms with E-state index < -0.39 is 17.8 Å². The summed E-state index contributed by atoms with van der Waals surface area (Å²) in [6, 6.07) is 9.60. The number of carbonyl (C=O) groups is 1. The van der Waals surface area contributed by atoms with Crippen LogP contribution < -0.4 is 11.1 Å². The normalized spacial score (nSPS) is 11.9. The van der Waals surface area contributed by atoms with E-state index in [0.717, 1.165) is 0 Å². The number of amides is 1. The number of benzene rings is 2. The molecule has 104 valence electrons. The van der Waals surface area contributed by atoms with Gasteiger partial charge in [0.25, 0.3) is 0 Å². The van der Waals surface area contributed by atoms with Gasteiger partial charge in [-0.2, -0.15) is 0 Å². The van der Waals surface area contributed by atoms with Crippen molar-refractivity contribution in [2.45, 2.75) is 6.04 Å². The Morgan fingerprint density at radius 3 is 2.30 bits per heavy atom. The zero-order valence-corrected chi connectivity index (χ0v) is 11.8. The van der Waals surface area contributed by atoms with Gasteiger partial charge < -0.3 is 11.1 Å². The van der Waals surface area contributed by atoms with Gasteiger partial charge in [-0.3, -0.25) is 4.79 Å². The fourth-order valence-electron chi connectivity index (χ4n) is 1.82. The molecule has 6 heteroatoms. The minimum Gasteiger partial charge on any atom is -0.370 e. The average Bonchev–Trinajstić information content (AvgIpc) is 2.37. The van der Waals surface area contributed by atoms with Gasteiger partial charge in [-0.05, 0) is 30.3 Å². The summed E-state index contributed by atoms with van der Waals surface area (Å²) in [5.41, 5.74) is 6.16. The van der Waals surface area contributed by atoms with Crippen LogP contribution in [-0.2, 0) is 4.79 Å². The first-order chi connectivity index (χ1) is 9.49. The molecular formula is C14H11Cl2FN2O. The largest absolute Gasteiger partial charge is 0.370 e. The number of rotatable bonds is 4. The summed E-state index contributed by atoms with van der Waals surface area (Å²) in [7, 11) is 0. The molecule has 0 saturated carbocycles. The van der Waals surface area contributed by atoms with Crippen LogP contribution in [-0.4, -0.2) is 5.91 Å². The molecule has 3 N–H and O–H groups in total. The number of hydrogen-bond acceptors (Lipinski definition) is 2. The number of nitrogens with two attached hydrogens (primary N) is 1. The van der Waals surface area contributed by atoms with Crippen LogP contribution in [0.3, 0.4) is 0 Å². The number of nitrogens with one attached hydrogen (secondary N) is 1. The molecule has 1 amide bonds. The van der Waals surface area contributed by atoms with Gasteiger partial charge in [-0.25, -0.2) is 4.39 Å². The van der Waals surface area contributed by atoms with Crippen LogP contribution in [0.4, 0.5) is 10.1 Å². The topological polar surface area (TPSA) is 55.1 Å². The smallest absolute Gasteiger partial charge is 0.244 e. The second-order valence-electron chi connectivity index (χ2n) is 4.13. The molecule has 0 aromatic heterocycles. The second kappa shape index (κ2) is 6.11. The summed E-state index contributed by atoms with van der Waals surface area (Å²) in [5.74, 6) is -1.09.